The normalized spacial score (nSPS) is 16.8. The molecule has 0 spiro atoms. The maximum absolute atomic E-state index is 11.7. The van der Waals surface area contributed by atoms with Crippen LogP contribution in [0.2, 0.25) is 0 Å². The minimum Gasteiger partial charge on any atom is -0.480 e. The van der Waals surface area contributed by atoms with Crippen LogP contribution in [-0.2, 0) is 14.4 Å². The quantitative estimate of drug-likeness (QED) is 0.635. The van der Waals surface area contributed by atoms with Crippen LogP contribution in [0.3, 0.4) is 0 Å². The van der Waals surface area contributed by atoms with Crippen LogP contribution in [0, 0.1) is 5.92 Å². The molecule has 0 aromatic carbocycles. The first-order valence-electron chi connectivity index (χ1n) is 5.79. The third-order valence-electron chi connectivity index (χ3n) is 2.48. The van der Waals surface area contributed by atoms with Gasteiger partial charge >= 0.3 is 5.97 Å². The fraction of sp³-hybridized carbons (Fsp3) is 0.636. The molecule has 1 heterocycles. The van der Waals surface area contributed by atoms with Crippen molar-refractivity contribution in [2.24, 2.45) is 11.0 Å². The maximum Gasteiger partial charge on any atom is 0.326 e. The smallest absolute Gasteiger partial charge is 0.326 e. The summed E-state index contributed by atoms with van der Waals surface area (Å²) < 4.78 is 0. The van der Waals surface area contributed by atoms with Crippen molar-refractivity contribution >= 4 is 23.5 Å². The van der Waals surface area contributed by atoms with Gasteiger partial charge in [0.25, 0.3) is 5.91 Å². The number of hydrogen-bond donors (Lipinski definition) is 3. The van der Waals surface area contributed by atoms with Crippen LogP contribution in [0.1, 0.15) is 33.1 Å². The molecule has 0 aromatic heterocycles. The molecule has 0 saturated heterocycles. The lowest BCUT2D eigenvalue weighted by molar-refractivity contribution is -0.141. The van der Waals surface area contributed by atoms with Crippen LogP contribution in [0.5, 0.6) is 0 Å². The van der Waals surface area contributed by atoms with Crippen molar-refractivity contribution in [1.82, 2.24) is 10.7 Å². The van der Waals surface area contributed by atoms with Gasteiger partial charge in [-0.25, -0.2) is 10.2 Å². The highest BCUT2D eigenvalue weighted by Crippen LogP contribution is 2.06. The van der Waals surface area contributed by atoms with E-state index in [4.69, 9.17) is 5.11 Å². The van der Waals surface area contributed by atoms with Gasteiger partial charge in [0.1, 0.15) is 11.8 Å². The number of amides is 2. The number of nitrogens with one attached hydrogen (secondary N) is 2. The molecule has 0 fully saturated rings. The van der Waals surface area contributed by atoms with Crippen molar-refractivity contribution < 1.29 is 19.5 Å². The van der Waals surface area contributed by atoms with E-state index in [9.17, 15) is 14.4 Å². The summed E-state index contributed by atoms with van der Waals surface area (Å²) in [6.07, 6.45) is 0.764. The Hall–Kier alpha value is -1.92. The lowest BCUT2D eigenvalue weighted by atomic mass is 10.0. The predicted octanol–water partition coefficient (Wildman–Crippen LogP) is -0.132. The number of carbonyl (C=O) groups is 3. The number of carboxylic acid groups (broad SMARTS) is 1. The zero-order valence-electron chi connectivity index (χ0n) is 10.4. The van der Waals surface area contributed by atoms with E-state index in [0.29, 0.717) is 6.42 Å². The van der Waals surface area contributed by atoms with E-state index >= 15 is 0 Å². The Bertz CT molecular complexity index is 390. The highest BCUT2D eigenvalue weighted by atomic mass is 16.4. The highest BCUT2D eigenvalue weighted by Gasteiger charge is 2.25. The molecular formula is C11H17N3O4. The Morgan fingerprint density at radius 3 is 2.56 bits per heavy atom. The van der Waals surface area contributed by atoms with Crippen LogP contribution in [0.15, 0.2) is 5.10 Å². The Labute approximate surface area is 105 Å². The molecule has 1 aliphatic heterocycles. The van der Waals surface area contributed by atoms with Crippen LogP contribution >= 0.6 is 0 Å². The van der Waals surface area contributed by atoms with Crippen molar-refractivity contribution in [3.05, 3.63) is 0 Å². The summed E-state index contributed by atoms with van der Waals surface area (Å²) in [4.78, 5) is 33.6. The van der Waals surface area contributed by atoms with Crippen molar-refractivity contribution in [1.29, 1.82) is 0 Å². The molecule has 1 rings (SSSR count). The molecule has 0 bridgehead atoms. The summed E-state index contributed by atoms with van der Waals surface area (Å²) in [5, 5.41) is 15.0. The van der Waals surface area contributed by atoms with Gasteiger partial charge in [0.2, 0.25) is 5.91 Å². The van der Waals surface area contributed by atoms with Gasteiger partial charge in [0.15, 0.2) is 0 Å². The molecule has 7 nitrogen and oxygen atoms in total. The summed E-state index contributed by atoms with van der Waals surface area (Å²) in [5.74, 6) is -1.71. The monoisotopic (exact) mass is 255 g/mol. The van der Waals surface area contributed by atoms with Gasteiger partial charge in [-0.05, 0) is 12.3 Å². The molecule has 100 valence electrons. The fourth-order valence-electron chi connectivity index (χ4n) is 1.57. The SMILES string of the molecule is CC(C)C[C@H](NC(=O)C1=NNC(=O)CC1)C(=O)O. The van der Waals surface area contributed by atoms with Gasteiger partial charge in [-0.3, -0.25) is 9.59 Å². The minimum atomic E-state index is -1.07. The van der Waals surface area contributed by atoms with Crippen molar-refractivity contribution in [2.75, 3.05) is 0 Å². The average Bonchev–Trinajstić information content (AvgIpc) is 2.28. The first kappa shape index (κ1) is 14.1. The molecular weight excluding hydrogens is 238 g/mol. The van der Waals surface area contributed by atoms with Crippen LogP contribution in [0.4, 0.5) is 0 Å². The number of carbonyl (C=O) groups excluding carboxylic acids is 2. The predicted molar refractivity (Wildman–Crippen MR) is 63.8 cm³/mol. The van der Waals surface area contributed by atoms with Gasteiger partial charge in [0, 0.05) is 12.8 Å². The molecule has 0 aliphatic carbocycles. The number of hydrogen-bond acceptors (Lipinski definition) is 4. The number of rotatable bonds is 5. The third-order valence-corrected chi connectivity index (χ3v) is 2.48. The average molecular weight is 255 g/mol. The van der Waals surface area contributed by atoms with Gasteiger partial charge in [-0.2, -0.15) is 5.10 Å². The van der Waals surface area contributed by atoms with E-state index in [1.165, 1.54) is 0 Å². The molecule has 0 radical (unpaired) electrons. The van der Waals surface area contributed by atoms with Crippen LogP contribution in [0.25, 0.3) is 0 Å². The topological polar surface area (TPSA) is 108 Å². The lowest BCUT2D eigenvalue weighted by Gasteiger charge is -2.18. The molecule has 0 saturated carbocycles. The molecule has 3 N–H and O–H groups in total. The molecule has 0 unspecified atom stereocenters. The summed E-state index contributed by atoms with van der Waals surface area (Å²) in [6, 6.07) is -0.933. The largest absolute Gasteiger partial charge is 0.480 e. The second kappa shape index (κ2) is 6.13. The lowest BCUT2D eigenvalue weighted by Crippen LogP contribution is -2.46. The molecule has 0 aromatic rings. The second-order valence-corrected chi connectivity index (χ2v) is 4.59. The Balaban J connectivity index is 2.61. The molecule has 1 atom stereocenters. The van der Waals surface area contributed by atoms with Gasteiger partial charge < -0.3 is 10.4 Å². The number of aliphatic carboxylic acids is 1. The Morgan fingerprint density at radius 2 is 2.11 bits per heavy atom. The van der Waals surface area contributed by atoms with Crippen molar-refractivity contribution in [3.63, 3.8) is 0 Å². The number of nitrogens with zero attached hydrogens (tertiary/aromatic N) is 1. The van der Waals surface area contributed by atoms with E-state index < -0.39 is 17.9 Å². The van der Waals surface area contributed by atoms with Crippen LogP contribution in [-0.4, -0.2) is 34.6 Å². The summed E-state index contributed by atoms with van der Waals surface area (Å²) >= 11 is 0. The van der Waals surface area contributed by atoms with Gasteiger partial charge in [-0.1, -0.05) is 13.8 Å². The molecule has 18 heavy (non-hydrogen) atoms. The zero-order valence-corrected chi connectivity index (χ0v) is 10.4. The van der Waals surface area contributed by atoms with Crippen molar-refractivity contribution in [2.45, 2.75) is 39.2 Å². The molecule has 1 aliphatic rings. The van der Waals surface area contributed by atoms with E-state index in [1.54, 1.807) is 0 Å². The standard InChI is InChI=1S/C11H17N3O4/c1-6(2)5-8(11(17)18)12-10(16)7-3-4-9(15)14-13-7/h6,8H,3-5H2,1-2H3,(H,12,16)(H,14,15)(H,17,18)/t8-/m0/s1. The van der Waals surface area contributed by atoms with E-state index in [2.05, 4.69) is 15.8 Å². The van der Waals surface area contributed by atoms with Gasteiger partial charge in [0.05, 0.1) is 0 Å². The van der Waals surface area contributed by atoms with E-state index in [1.807, 2.05) is 13.8 Å². The number of carboxylic acids is 1. The second-order valence-electron chi connectivity index (χ2n) is 4.59. The Kier molecular flexibility index (Phi) is 4.82. The first-order chi connectivity index (χ1) is 8.40. The number of hydrazone groups is 1. The highest BCUT2D eigenvalue weighted by molar-refractivity contribution is 6.39. The minimum absolute atomic E-state index is 0.152. The zero-order chi connectivity index (χ0) is 13.7. The Morgan fingerprint density at radius 1 is 1.44 bits per heavy atom. The van der Waals surface area contributed by atoms with Crippen molar-refractivity contribution in [3.8, 4) is 0 Å². The van der Waals surface area contributed by atoms with Crippen LogP contribution < -0.4 is 10.7 Å². The third kappa shape index (κ3) is 4.15. The fourth-order valence-corrected chi connectivity index (χ4v) is 1.57. The van der Waals surface area contributed by atoms with E-state index in [-0.39, 0.29) is 30.4 Å². The summed E-state index contributed by atoms with van der Waals surface area (Å²) in [7, 11) is 0. The van der Waals surface area contributed by atoms with E-state index in [0.717, 1.165) is 0 Å². The maximum atomic E-state index is 11.7. The summed E-state index contributed by atoms with van der Waals surface area (Å²) in [6.45, 7) is 3.75. The molecule has 7 heteroatoms. The summed E-state index contributed by atoms with van der Waals surface area (Å²) in [5.41, 5.74) is 2.35. The first-order valence-corrected chi connectivity index (χ1v) is 5.79. The molecule has 2 amide bonds. The van der Waals surface area contributed by atoms with Gasteiger partial charge in [-0.15, -0.1) is 0 Å².